The Balaban J connectivity index is 0.00000320. The molecule has 1 saturated heterocycles. The van der Waals surface area contributed by atoms with Crippen LogP contribution >= 0.6 is 24.0 Å². The predicted molar refractivity (Wildman–Crippen MR) is 136 cm³/mol. The van der Waals surface area contributed by atoms with Crippen LogP contribution in [0, 0.1) is 0 Å². The Labute approximate surface area is 199 Å². The third kappa shape index (κ3) is 6.55. The summed E-state index contributed by atoms with van der Waals surface area (Å²) in [5.41, 5.74) is 3.06. The van der Waals surface area contributed by atoms with Crippen LogP contribution in [0.5, 0.6) is 0 Å². The summed E-state index contributed by atoms with van der Waals surface area (Å²) in [4.78, 5) is 9.52. The summed E-state index contributed by atoms with van der Waals surface area (Å²) in [6, 6.07) is 8.82. The standard InChI is InChI=1S/C23H39N5O.HI/c1-22(2,27-12-14-29-15-13-27)17-25-21(24-5)26-18-23(3,4)28-11-10-19-8-6-7-9-20(19)16-28;/h6-9H,10-18H2,1-5H3,(H2,24,25,26);1H. The molecule has 2 N–H and O–H groups in total. The molecule has 1 fully saturated rings. The number of halogens is 1. The molecular formula is C23H40IN5O. The number of aliphatic imine (C=N–C) groups is 1. The lowest BCUT2D eigenvalue weighted by molar-refractivity contribution is -0.00835. The van der Waals surface area contributed by atoms with E-state index in [-0.39, 0.29) is 35.1 Å². The van der Waals surface area contributed by atoms with E-state index in [9.17, 15) is 0 Å². The Morgan fingerprint density at radius 1 is 0.933 bits per heavy atom. The number of morpholine rings is 1. The van der Waals surface area contributed by atoms with Crippen molar-refractivity contribution >= 4 is 29.9 Å². The highest BCUT2D eigenvalue weighted by atomic mass is 127. The van der Waals surface area contributed by atoms with Crippen LogP contribution in [0.4, 0.5) is 0 Å². The van der Waals surface area contributed by atoms with E-state index < -0.39 is 0 Å². The molecule has 170 valence electrons. The smallest absolute Gasteiger partial charge is 0.191 e. The van der Waals surface area contributed by atoms with Crippen LogP contribution in [-0.2, 0) is 17.7 Å². The van der Waals surface area contributed by atoms with Crippen molar-refractivity contribution in [1.82, 2.24) is 20.4 Å². The topological polar surface area (TPSA) is 52.1 Å². The molecule has 1 aromatic carbocycles. The molecule has 2 aliphatic heterocycles. The predicted octanol–water partition coefficient (Wildman–Crippen LogP) is 2.72. The minimum Gasteiger partial charge on any atom is -0.379 e. The van der Waals surface area contributed by atoms with Gasteiger partial charge in [-0.3, -0.25) is 14.8 Å². The van der Waals surface area contributed by atoms with E-state index >= 15 is 0 Å². The maximum absolute atomic E-state index is 5.49. The number of hydrogen-bond donors (Lipinski definition) is 2. The summed E-state index contributed by atoms with van der Waals surface area (Å²) in [6.45, 7) is 16.7. The Hall–Kier alpha value is -0.900. The minimum absolute atomic E-state index is 0. The fraction of sp³-hybridized carbons (Fsp3) is 0.696. The first-order valence-corrected chi connectivity index (χ1v) is 10.9. The van der Waals surface area contributed by atoms with Gasteiger partial charge in [0.1, 0.15) is 0 Å². The SMILES string of the molecule is CN=C(NCC(C)(C)N1CCOCC1)NCC(C)(C)N1CCc2ccccc2C1.I. The molecule has 0 unspecified atom stereocenters. The van der Waals surface area contributed by atoms with Crippen molar-refractivity contribution in [2.24, 2.45) is 4.99 Å². The van der Waals surface area contributed by atoms with Crippen LogP contribution in [0.2, 0.25) is 0 Å². The van der Waals surface area contributed by atoms with Gasteiger partial charge in [-0.05, 0) is 45.2 Å². The molecule has 0 amide bonds. The molecule has 0 aliphatic carbocycles. The zero-order chi connectivity index (χ0) is 20.9. The number of benzene rings is 1. The van der Waals surface area contributed by atoms with Gasteiger partial charge in [-0.2, -0.15) is 0 Å². The molecule has 30 heavy (non-hydrogen) atoms. The third-order valence-corrected chi connectivity index (χ3v) is 6.45. The molecule has 0 radical (unpaired) electrons. The highest BCUT2D eigenvalue weighted by molar-refractivity contribution is 14.0. The van der Waals surface area contributed by atoms with Crippen molar-refractivity contribution < 1.29 is 4.74 Å². The number of nitrogens with zero attached hydrogens (tertiary/aromatic N) is 3. The lowest BCUT2D eigenvalue weighted by Gasteiger charge is -2.42. The summed E-state index contributed by atoms with van der Waals surface area (Å²) < 4.78 is 5.49. The Bertz CT molecular complexity index is 701. The summed E-state index contributed by atoms with van der Waals surface area (Å²) in [6.07, 6.45) is 1.13. The average molecular weight is 530 g/mol. The van der Waals surface area contributed by atoms with Gasteiger partial charge < -0.3 is 15.4 Å². The Morgan fingerprint density at radius 2 is 1.50 bits per heavy atom. The summed E-state index contributed by atoms with van der Waals surface area (Å²) in [7, 11) is 1.85. The van der Waals surface area contributed by atoms with E-state index in [0.717, 1.165) is 64.9 Å². The van der Waals surface area contributed by atoms with Gasteiger partial charge in [0.25, 0.3) is 0 Å². The first kappa shape index (κ1) is 25.4. The fourth-order valence-electron chi connectivity index (χ4n) is 4.23. The number of hydrogen-bond acceptors (Lipinski definition) is 4. The Kier molecular flexibility index (Phi) is 9.39. The summed E-state index contributed by atoms with van der Waals surface area (Å²) in [5.74, 6) is 0.872. The first-order valence-electron chi connectivity index (χ1n) is 10.9. The quantitative estimate of drug-likeness (QED) is 0.337. The zero-order valence-corrected chi connectivity index (χ0v) is 21.7. The van der Waals surface area contributed by atoms with E-state index in [1.54, 1.807) is 0 Å². The Morgan fingerprint density at radius 3 is 2.10 bits per heavy atom. The number of rotatable bonds is 6. The lowest BCUT2D eigenvalue weighted by atomic mass is 9.94. The van der Waals surface area contributed by atoms with Crippen LogP contribution in [0.3, 0.4) is 0 Å². The molecule has 0 saturated carbocycles. The van der Waals surface area contributed by atoms with Gasteiger partial charge in [-0.15, -0.1) is 24.0 Å². The van der Waals surface area contributed by atoms with Crippen molar-refractivity contribution in [2.75, 3.05) is 53.0 Å². The molecule has 0 spiro atoms. The fourth-order valence-corrected chi connectivity index (χ4v) is 4.23. The van der Waals surface area contributed by atoms with Crippen molar-refractivity contribution in [2.45, 2.75) is 51.7 Å². The monoisotopic (exact) mass is 529 g/mol. The van der Waals surface area contributed by atoms with Gasteiger partial charge in [0, 0.05) is 57.4 Å². The van der Waals surface area contributed by atoms with Gasteiger partial charge in [0.2, 0.25) is 0 Å². The largest absolute Gasteiger partial charge is 0.379 e. The maximum Gasteiger partial charge on any atom is 0.191 e. The van der Waals surface area contributed by atoms with E-state index in [2.05, 4.69) is 77.4 Å². The van der Waals surface area contributed by atoms with E-state index in [4.69, 9.17) is 4.74 Å². The highest BCUT2D eigenvalue weighted by Crippen LogP contribution is 2.25. The van der Waals surface area contributed by atoms with Crippen LogP contribution < -0.4 is 10.6 Å². The second kappa shape index (κ2) is 11.1. The van der Waals surface area contributed by atoms with Crippen LogP contribution in [0.15, 0.2) is 29.3 Å². The normalized spacial score (nSPS) is 19.0. The van der Waals surface area contributed by atoms with Crippen LogP contribution in [-0.4, -0.2) is 79.8 Å². The average Bonchev–Trinajstić information content (AvgIpc) is 2.74. The molecule has 1 aromatic rings. The van der Waals surface area contributed by atoms with E-state index in [1.807, 2.05) is 7.05 Å². The van der Waals surface area contributed by atoms with Gasteiger partial charge in [-0.25, -0.2) is 0 Å². The number of guanidine groups is 1. The molecular weight excluding hydrogens is 489 g/mol. The van der Waals surface area contributed by atoms with E-state index in [1.165, 1.54) is 11.1 Å². The van der Waals surface area contributed by atoms with E-state index in [0.29, 0.717) is 0 Å². The molecule has 3 rings (SSSR count). The summed E-state index contributed by atoms with van der Waals surface area (Å²) >= 11 is 0. The second-order valence-corrected chi connectivity index (χ2v) is 9.44. The molecule has 0 bridgehead atoms. The molecule has 2 aliphatic rings. The van der Waals surface area contributed by atoms with Crippen molar-refractivity contribution in [3.8, 4) is 0 Å². The molecule has 7 heteroatoms. The maximum atomic E-state index is 5.49. The van der Waals surface area contributed by atoms with Gasteiger partial charge >= 0.3 is 0 Å². The third-order valence-electron chi connectivity index (χ3n) is 6.45. The van der Waals surface area contributed by atoms with Crippen molar-refractivity contribution in [3.63, 3.8) is 0 Å². The lowest BCUT2D eigenvalue weighted by Crippen LogP contribution is -2.58. The van der Waals surface area contributed by atoms with Crippen LogP contribution in [0.25, 0.3) is 0 Å². The second-order valence-electron chi connectivity index (χ2n) is 9.44. The minimum atomic E-state index is 0. The van der Waals surface area contributed by atoms with Crippen molar-refractivity contribution in [1.29, 1.82) is 0 Å². The summed E-state index contributed by atoms with van der Waals surface area (Å²) in [5, 5.41) is 7.10. The number of ether oxygens (including phenoxy) is 1. The highest BCUT2D eigenvalue weighted by Gasteiger charge is 2.31. The molecule has 0 aromatic heterocycles. The molecule has 2 heterocycles. The number of fused-ring (bicyclic) bond motifs is 1. The zero-order valence-electron chi connectivity index (χ0n) is 19.3. The number of nitrogens with one attached hydrogen (secondary N) is 2. The van der Waals surface area contributed by atoms with Gasteiger partial charge in [0.05, 0.1) is 13.2 Å². The van der Waals surface area contributed by atoms with Crippen LogP contribution in [0.1, 0.15) is 38.8 Å². The van der Waals surface area contributed by atoms with Crippen molar-refractivity contribution in [3.05, 3.63) is 35.4 Å². The molecule has 6 nitrogen and oxygen atoms in total. The first-order chi connectivity index (χ1) is 13.8. The van der Waals surface area contributed by atoms with Gasteiger partial charge in [0.15, 0.2) is 5.96 Å². The molecule has 0 atom stereocenters. The van der Waals surface area contributed by atoms with Gasteiger partial charge in [-0.1, -0.05) is 24.3 Å².